The smallest absolute Gasteiger partial charge is 0.157 e. The first-order chi connectivity index (χ1) is 13.1. The first-order valence-electron chi connectivity index (χ1n) is 9.43. The molecule has 3 rings (SSSR count). The van der Waals surface area contributed by atoms with E-state index in [0.717, 1.165) is 49.5 Å². The number of piperidine rings is 1. The first kappa shape index (κ1) is 19.9. The molecule has 0 radical (unpaired) electrons. The van der Waals surface area contributed by atoms with E-state index in [-0.39, 0.29) is 0 Å². The van der Waals surface area contributed by atoms with Crippen LogP contribution in [0.4, 0.5) is 11.5 Å². The standard InChI is InChI=1S/C20H28ClN5O/c1-22-18-19(21)23-14-24-20(18)25(2)12-15-8-10-26(11-9-15)13-17(27)16-6-4-3-5-7-16/h3-7,14-15,17,22,27H,8-13H2,1-2H3. The maximum absolute atomic E-state index is 10.4. The molecule has 0 amide bonds. The summed E-state index contributed by atoms with van der Waals surface area (Å²) in [5.74, 6) is 1.43. The summed E-state index contributed by atoms with van der Waals surface area (Å²) in [6.07, 6.45) is 3.30. The van der Waals surface area contributed by atoms with E-state index in [1.165, 1.54) is 6.33 Å². The Bertz CT molecular complexity index is 722. The van der Waals surface area contributed by atoms with Gasteiger partial charge in [-0.25, -0.2) is 9.97 Å². The van der Waals surface area contributed by atoms with E-state index in [1.807, 2.05) is 44.4 Å². The van der Waals surface area contributed by atoms with Crippen molar-refractivity contribution < 1.29 is 5.11 Å². The molecule has 1 aliphatic heterocycles. The van der Waals surface area contributed by atoms with E-state index in [0.29, 0.717) is 17.6 Å². The highest BCUT2D eigenvalue weighted by molar-refractivity contribution is 6.32. The summed E-state index contributed by atoms with van der Waals surface area (Å²) in [4.78, 5) is 12.9. The van der Waals surface area contributed by atoms with Gasteiger partial charge in [0.2, 0.25) is 0 Å². The van der Waals surface area contributed by atoms with Crippen molar-refractivity contribution in [3.8, 4) is 0 Å². The van der Waals surface area contributed by atoms with Gasteiger partial charge in [0.25, 0.3) is 0 Å². The minimum absolute atomic E-state index is 0.424. The molecule has 1 atom stereocenters. The molecule has 146 valence electrons. The number of aromatic nitrogens is 2. The van der Waals surface area contributed by atoms with Crippen molar-refractivity contribution in [2.75, 3.05) is 50.5 Å². The minimum Gasteiger partial charge on any atom is -0.387 e. The maximum atomic E-state index is 10.4. The third kappa shape index (κ3) is 5.09. The fourth-order valence-corrected chi connectivity index (χ4v) is 3.93. The van der Waals surface area contributed by atoms with Crippen LogP contribution in [0.3, 0.4) is 0 Å². The van der Waals surface area contributed by atoms with E-state index in [9.17, 15) is 5.11 Å². The molecule has 2 N–H and O–H groups in total. The molecular formula is C20H28ClN5O. The second-order valence-electron chi connectivity index (χ2n) is 7.16. The summed E-state index contributed by atoms with van der Waals surface area (Å²) in [6, 6.07) is 9.89. The zero-order valence-corrected chi connectivity index (χ0v) is 16.7. The number of nitrogens with one attached hydrogen (secondary N) is 1. The average Bonchev–Trinajstić information content (AvgIpc) is 2.70. The van der Waals surface area contributed by atoms with Crippen LogP contribution in [0.1, 0.15) is 24.5 Å². The number of benzene rings is 1. The Kier molecular flexibility index (Phi) is 6.88. The lowest BCUT2D eigenvalue weighted by atomic mass is 9.95. The fourth-order valence-electron chi connectivity index (χ4n) is 3.71. The highest BCUT2D eigenvalue weighted by Crippen LogP contribution is 2.29. The van der Waals surface area contributed by atoms with Crippen LogP contribution in [0.25, 0.3) is 0 Å². The number of nitrogens with zero attached hydrogens (tertiary/aromatic N) is 4. The van der Waals surface area contributed by atoms with Crippen molar-refractivity contribution >= 4 is 23.1 Å². The third-order valence-electron chi connectivity index (χ3n) is 5.25. The van der Waals surface area contributed by atoms with Crippen molar-refractivity contribution in [2.24, 2.45) is 5.92 Å². The van der Waals surface area contributed by atoms with E-state index in [1.54, 1.807) is 0 Å². The lowest BCUT2D eigenvalue weighted by molar-refractivity contribution is 0.0902. The molecule has 0 bridgehead atoms. The molecule has 1 fully saturated rings. The predicted molar refractivity (Wildman–Crippen MR) is 110 cm³/mol. The Labute approximate surface area is 166 Å². The van der Waals surface area contributed by atoms with Crippen molar-refractivity contribution in [3.05, 3.63) is 47.4 Å². The van der Waals surface area contributed by atoms with Gasteiger partial charge >= 0.3 is 0 Å². The number of anilines is 2. The number of aliphatic hydroxyl groups is 1. The van der Waals surface area contributed by atoms with Crippen LogP contribution < -0.4 is 10.2 Å². The van der Waals surface area contributed by atoms with E-state index in [4.69, 9.17) is 11.6 Å². The second-order valence-corrected chi connectivity index (χ2v) is 7.52. The van der Waals surface area contributed by atoms with Gasteiger partial charge < -0.3 is 20.2 Å². The molecule has 6 nitrogen and oxygen atoms in total. The first-order valence-corrected chi connectivity index (χ1v) is 9.81. The van der Waals surface area contributed by atoms with E-state index in [2.05, 4.69) is 25.1 Å². The third-order valence-corrected chi connectivity index (χ3v) is 5.53. The maximum Gasteiger partial charge on any atom is 0.157 e. The molecule has 27 heavy (non-hydrogen) atoms. The summed E-state index contributed by atoms with van der Waals surface area (Å²) in [5.41, 5.74) is 1.75. The summed E-state index contributed by atoms with van der Waals surface area (Å²) in [7, 11) is 3.88. The molecule has 1 aromatic heterocycles. The molecular weight excluding hydrogens is 362 g/mol. The van der Waals surface area contributed by atoms with E-state index < -0.39 is 6.10 Å². The number of rotatable bonds is 7. The van der Waals surface area contributed by atoms with Crippen molar-refractivity contribution in [1.82, 2.24) is 14.9 Å². The van der Waals surface area contributed by atoms with Gasteiger partial charge in [0.1, 0.15) is 12.0 Å². The SMILES string of the molecule is CNc1c(Cl)ncnc1N(C)CC1CCN(CC(O)c2ccccc2)CC1. The quantitative estimate of drug-likeness (QED) is 0.709. The number of aliphatic hydroxyl groups excluding tert-OH is 1. The van der Waals surface area contributed by atoms with Crippen LogP contribution in [0.15, 0.2) is 36.7 Å². The molecule has 1 aromatic carbocycles. The Morgan fingerprint density at radius 3 is 2.63 bits per heavy atom. The molecule has 7 heteroatoms. The molecule has 2 heterocycles. The normalized spacial score (nSPS) is 16.9. The number of hydrogen-bond donors (Lipinski definition) is 2. The van der Waals surface area contributed by atoms with Gasteiger partial charge in [0, 0.05) is 27.2 Å². The Hall–Kier alpha value is -1.89. The summed E-state index contributed by atoms with van der Waals surface area (Å²) < 4.78 is 0. The molecule has 2 aromatic rings. The Morgan fingerprint density at radius 1 is 1.26 bits per heavy atom. The van der Waals surface area contributed by atoms with Gasteiger partial charge in [-0.15, -0.1) is 0 Å². The molecule has 0 spiro atoms. The molecule has 1 saturated heterocycles. The molecule has 0 aliphatic carbocycles. The summed E-state index contributed by atoms with van der Waals surface area (Å²) in [6.45, 7) is 3.63. The monoisotopic (exact) mass is 389 g/mol. The zero-order valence-electron chi connectivity index (χ0n) is 16.0. The largest absolute Gasteiger partial charge is 0.387 e. The lowest BCUT2D eigenvalue weighted by Crippen LogP contribution is -2.39. The topological polar surface area (TPSA) is 64.5 Å². The van der Waals surface area contributed by atoms with Crippen LogP contribution in [-0.2, 0) is 0 Å². The van der Waals surface area contributed by atoms with Crippen LogP contribution in [0, 0.1) is 5.92 Å². The van der Waals surface area contributed by atoms with Gasteiger partial charge in [-0.05, 0) is 37.4 Å². The van der Waals surface area contributed by atoms with Crippen LogP contribution >= 0.6 is 11.6 Å². The van der Waals surface area contributed by atoms with Gasteiger partial charge in [0.05, 0.1) is 6.10 Å². The van der Waals surface area contributed by atoms with Crippen molar-refractivity contribution in [2.45, 2.75) is 18.9 Å². The van der Waals surface area contributed by atoms with Gasteiger partial charge in [-0.1, -0.05) is 41.9 Å². The number of likely N-dealkylation sites (tertiary alicyclic amines) is 1. The summed E-state index contributed by atoms with van der Waals surface area (Å²) in [5, 5.41) is 14.0. The second kappa shape index (κ2) is 9.35. The molecule has 1 unspecified atom stereocenters. The van der Waals surface area contributed by atoms with Crippen molar-refractivity contribution in [1.29, 1.82) is 0 Å². The molecule has 0 saturated carbocycles. The summed E-state index contributed by atoms with van der Waals surface area (Å²) >= 11 is 6.16. The highest BCUT2D eigenvalue weighted by Gasteiger charge is 2.23. The van der Waals surface area contributed by atoms with E-state index >= 15 is 0 Å². The average molecular weight is 390 g/mol. The fraction of sp³-hybridized carbons (Fsp3) is 0.500. The highest BCUT2D eigenvalue weighted by atomic mass is 35.5. The van der Waals surface area contributed by atoms with Crippen molar-refractivity contribution in [3.63, 3.8) is 0 Å². The predicted octanol–water partition coefficient (Wildman–Crippen LogP) is 3.05. The van der Waals surface area contributed by atoms with Crippen LogP contribution in [0.5, 0.6) is 0 Å². The Balaban J connectivity index is 1.50. The minimum atomic E-state index is -0.424. The number of halogens is 1. The Morgan fingerprint density at radius 2 is 1.96 bits per heavy atom. The van der Waals surface area contributed by atoms with Crippen LogP contribution in [0.2, 0.25) is 5.15 Å². The van der Waals surface area contributed by atoms with Gasteiger partial charge in [-0.3, -0.25) is 0 Å². The number of β-amino-alcohol motifs (C(OH)–C–C–N with tert-alkyl or cyclic N) is 1. The molecule has 1 aliphatic rings. The van der Waals surface area contributed by atoms with Crippen LogP contribution in [-0.4, -0.2) is 60.2 Å². The zero-order chi connectivity index (χ0) is 19.2. The lowest BCUT2D eigenvalue weighted by Gasteiger charge is -2.35. The van der Waals surface area contributed by atoms with Gasteiger partial charge in [0.15, 0.2) is 11.0 Å². The van der Waals surface area contributed by atoms with Gasteiger partial charge in [-0.2, -0.15) is 0 Å². The number of hydrogen-bond acceptors (Lipinski definition) is 6.